The lowest BCUT2D eigenvalue weighted by molar-refractivity contribution is -0.139. The van der Waals surface area contributed by atoms with E-state index in [1.54, 1.807) is 12.1 Å². The Morgan fingerprint density at radius 2 is 2.13 bits per heavy atom. The molecule has 2 N–H and O–H groups in total. The van der Waals surface area contributed by atoms with Crippen LogP contribution in [0.3, 0.4) is 0 Å². The largest absolute Gasteiger partial charge is 0.482 e. The molecule has 1 aliphatic carbocycles. The van der Waals surface area contributed by atoms with Gasteiger partial charge in [-0.15, -0.1) is 0 Å². The van der Waals surface area contributed by atoms with Crippen molar-refractivity contribution in [1.82, 2.24) is 5.32 Å². The number of hydrogen-bond acceptors (Lipinski definition) is 3. The molecule has 0 amide bonds. The van der Waals surface area contributed by atoms with Crippen LogP contribution in [0.2, 0.25) is 0 Å². The molecule has 23 heavy (non-hydrogen) atoms. The van der Waals surface area contributed by atoms with Crippen molar-refractivity contribution >= 4 is 12.0 Å². The lowest BCUT2D eigenvalue weighted by atomic mass is 10.0. The van der Waals surface area contributed by atoms with Gasteiger partial charge >= 0.3 is 5.97 Å². The number of carboxylic acids is 1. The van der Waals surface area contributed by atoms with Gasteiger partial charge in [-0.2, -0.15) is 0 Å². The van der Waals surface area contributed by atoms with Gasteiger partial charge in [0.1, 0.15) is 5.75 Å². The Labute approximate surface area is 137 Å². The van der Waals surface area contributed by atoms with Gasteiger partial charge in [0.25, 0.3) is 0 Å². The van der Waals surface area contributed by atoms with Gasteiger partial charge in [-0.3, -0.25) is 0 Å². The third-order valence-corrected chi connectivity index (χ3v) is 3.51. The molecule has 0 unspecified atom stereocenters. The Kier molecular flexibility index (Phi) is 6.48. The van der Waals surface area contributed by atoms with E-state index < -0.39 is 5.97 Å². The number of unbranched alkanes of at least 4 members (excludes halogenated alkanes) is 1. The Hall–Kier alpha value is -2.49. The summed E-state index contributed by atoms with van der Waals surface area (Å²) in [7, 11) is 0. The average Bonchev–Trinajstić information content (AvgIpc) is 2.56. The predicted molar refractivity (Wildman–Crippen MR) is 92.3 cm³/mol. The Balaban J connectivity index is 2.02. The molecule has 1 aliphatic rings. The van der Waals surface area contributed by atoms with Crippen molar-refractivity contribution in [3.8, 4) is 5.75 Å². The topological polar surface area (TPSA) is 58.6 Å². The molecule has 0 heterocycles. The average molecular weight is 313 g/mol. The van der Waals surface area contributed by atoms with Crippen LogP contribution in [0.15, 0.2) is 53.8 Å². The van der Waals surface area contributed by atoms with E-state index >= 15 is 0 Å². The van der Waals surface area contributed by atoms with Crippen molar-refractivity contribution in [2.75, 3.05) is 13.2 Å². The van der Waals surface area contributed by atoms with E-state index in [0.29, 0.717) is 5.75 Å². The summed E-state index contributed by atoms with van der Waals surface area (Å²) in [5.74, 6) is -0.409. The van der Waals surface area contributed by atoms with Crippen LogP contribution in [0.4, 0.5) is 0 Å². The first kappa shape index (κ1) is 16.9. The number of rotatable bonds is 8. The van der Waals surface area contributed by atoms with E-state index in [0.717, 1.165) is 24.9 Å². The number of allylic oxidation sites excluding steroid dienone is 4. The van der Waals surface area contributed by atoms with Crippen LogP contribution < -0.4 is 10.1 Å². The minimum atomic E-state index is -0.974. The van der Waals surface area contributed by atoms with Crippen LogP contribution >= 0.6 is 0 Å². The smallest absolute Gasteiger partial charge is 0.341 e. The molecule has 2 rings (SSSR count). The van der Waals surface area contributed by atoms with Crippen LogP contribution in [0.1, 0.15) is 31.7 Å². The van der Waals surface area contributed by atoms with Crippen LogP contribution in [-0.4, -0.2) is 24.2 Å². The molecule has 0 radical (unpaired) electrons. The molecule has 0 fully saturated rings. The highest BCUT2D eigenvalue weighted by Gasteiger charge is 2.07. The summed E-state index contributed by atoms with van der Waals surface area (Å²) >= 11 is 0. The van der Waals surface area contributed by atoms with Gasteiger partial charge in [-0.05, 0) is 48.3 Å². The number of nitrogens with one attached hydrogen (secondary N) is 1. The van der Waals surface area contributed by atoms with E-state index in [-0.39, 0.29) is 6.61 Å². The highest BCUT2D eigenvalue weighted by molar-refractivity contribution is 5.68. The number of aliphatic carboxylic acids is 1. The molecule has 0 atom stereocenters. The van der Waals surface area contributed by atoms with Crippen LogP contribution in [0.25, 0.3) is 6.08 Å². The lowest BCUT2D eigenvalue weighted by Crippen LogP contribution is -2.17. The van der Waals surface area contributed by atoms with E-state index in [4.69, 9.17) is 9.84 Å². The van der Waals surface area contributed by atoms with E-state index in [9.17, 15) is 4.79 Å². The molecular weight excluding hydrogens is 290 g/mol. The van der Waals surface area contributed by atoms with Crippen LogP contribution in [0.5, 0.6) is 5.75 Å². The molecule has 0 saturated carbocycles. The molecule has 1 aromatic carbocycles. The van der Waals surface area contributed by atoms with Gasteiger partial charge in [-0.1, -0.05) is 37.6 Å². The second kappa shape index (κ2) is 8.83. The van der Waals surface area contributed by atoms with Gasteiger partial charge in [0.2, 0.25) is 0 Å². The maximum Gasteiger partial charge on any atom is 0.341 e. The standard InChI is InChI=1S/C19H23NO3/c1-2-3-12-20-18-7-5-4-6-16(18)13-15-8-10-17(11-9-15)23-14-19(21)22/h4-5,7-11,13,20H,2-3,6,12,14H2,1H3,(H,21,22). The SMILES string of the molecule is CCCCNC1=CC=CCC1=Cc1ccc(OCC(=O)O)cc1. The Morgan fingerprint density at radius 1 is 1.35 bits per heavy atom. The van der Waals surface area contributed by atoms with Crippen LogP contribution in [0, 0.1) is 0 Å². The summed E-state index contributed by atoms with van der Waals surface area (Å²) in [6.45, 7) is 2.84. The molecule has 0 aromatic heterocycles. The predicted octanol–water partition coefficient (Wildman–Crippen LogP) is 3.77. The summed E-state index contributed by atoms with van der Waals surface area (Å²) < 4.78 is 5.14. The number of ether oxygens (including phenoxy) is 1. The molecule has 4 heteroatoms. The summed E-state index contributed by atoms with van der Waals surface area (Å²) in [6, 6.07) is 7.46. The van der Waals surface area contributed by atoms with Crippen molar-refractivity contribution in [2.24, 2.45) is 0 Å². The van der Waals surface area contributed by atoms with Crippen molar-refractivity contribution in [3.05, 3.63) is 59.3 Å². The first-order chi connectivity index (χ1) is 11.2. The minimum Gasteiger partial charge on any atom is -0.482 e. The highest BCUT2D eigenvalue weighted by atomic mass is 16.5. The summed E-state index contributed by atoms with van der Waals surface area (Å²) in [5.41, 5.74) is 3.50. The highest BCUT2D eigenvalue weighted by Crippen LogP contribution is 2.22. The second-order valence-corrected chi connectivity index (χ2v) is 5.41. The Morgan fingerprint density at radius 3 is 2.83 bits per heavy atom. The van der Waals surface area contributed by atoms with E-state index in [1.807, 2.05) is 12.1 Å². The normalized spacial score (nSPS) is 15.3. The molecule has 122 valence electrons. The third kappa shape index (κ3) is 5.66. The van der Waals surface area contributed by atoms with Crippen LogP contribution in [-0.2, 0) is 4.79 Å². The number of benzene rings is 1. The lowest BCUT2D eigenvalue weighted by Gasteiger charge is -2.16. The number of carboxylic acid groups (broad SMARTS) is 1. The summed E-state index contributed by atoms with van der Waals surface area (Å²) in [6.07, 6.45) is 11.7. The maximum absolute atomic E-state index is 10.5. The fraction of sp³-hybridized carbons (Fsp3) is 0.316. The Bertz CT molecular complexity index is 612. The quantitative estimate of drug-likeness (QED) is 0.717. The fourth-order valence-corrected chi connectivity index (χ4v) is 2.29. The molecular formula is C19H23NO3. The first-order valence-corrected chi connectivity index (χ1v) is 7.95. The van der Waals surface area contributed by atoms with Gasteiger partial charge in [0.15, 0.2) is 6.61 Å². The molecule has 0 aliphatic heterocycles. The zero-order valence-electron chi connectivity index (χ0n) is 13.4. The second-order valence-electron chi connectivity index (χ2n) is 5.41. The van der Waals surface area contributed by atoms with Gasteiger partial charge < -0.3 is 15.2 Å². The molecule has 4 nitrogen and oxygen atoms in total. The number of carbonyl (C=O) groups is 1. The monoisotopic (exact) mass is 313 g/mol. The van der Waals surface area contributed by atoms with Crippen molar-refractivity contribution in [3.63, 3.8) is 0 Å². The van der Waals surface area contributed by atoms with Crippen molar-refractivity contribution < 1.29 is 14.6 Å². The summed E-state index contributed by atoms with van der Waals surface area (Å²) in [5, 5.41) is 12.1. The van der Waals surface area contributed by atoms with Gasteiger partial charge in [0, 0.05) is 12.2 Å². The minimum absolute atomic E-state index is 0.320. The molecule has 0 spiro atoms. The zero-order valence-corrected chi connectivity index (χ0v) is 13.4. The fourth-order valence-electron chi connectivity index (χ4n) is 2.29. The summed E-state index contributed by atoms with van der Waals surface area (Å²) in [4.78, 5) is 10.5. The maximum atomic E-state index is 10.5. The molecule has 1 aromatic rings. The third-order valence-electron chi connectivity index (χ3n) is 3.51. The van der Waals surface area contributed by atoms with E-state index in [2.05, 4.69) is 36.5 Å². The first-order valence-electron chi connectivity index (χ1n) is 7.95. The zero-order chi connectivity index (χ0) is 16.5. The molecule has 0 saturated heterocycles. The van der Waals surface area contributed by atoms with Crippen molar-refractivity contribution in [1.29, 1.82) is 0 Å². The van der Waals surface area contributed by atoms with Gasteiger partial charge in [0.05, 0.1) is 0 Å². The van der Waals surface area contributed by atoms with Gasteiger partial charge in [-0.25, -0.2) is 4.79 Å². The number of hydrogen-bond donors (Lipinski definition) is 2. The van der Waals surface area contributed by atoms with E-state index in [1.165, 1.54) is 17.7 Å². The molecule has 0 bridgehead atoms. The van der Waals surface area contributed by atoms with Crippen molar-refractivity contribution in [2.45, 2.75) is 26.2 Å².